The van der Waals surface area contributed by atoms with Gasteiger partial charge in [-0.3, -0.25) is 0 Å². The molecule has 2 rings (SSSR count). The van der Waals surface area contributed by atoms with Gasteiger partial charge in [-0.25, -0.2) is 0 Å². The number of likely N-dealkylation sites (N-methyl/N-ethyl adjacent to an activating group) is 1. The lowest BCUT2D eigenvalue weighted by Crippen LogP contribution is -2.18. The molecule has 0 aliphatic rings. The predicted molar refractivity (Wildman–Crippen MR) is 82.6 cm³/mol. The maximum absolute atomic E-state index is 5.19. The molecule has 0 spiro atoms. The summed E-state index contributed by atoms with van der Waals surface area (Å²) in [6.07, 6.45) is 0.949. The van der Waals surface area contributed by atoms with Crippen molar-refractivity contribution in [3.63, 3.8) is 0 Å². The van der Waals surface area contributed by atoms with Crippen molar-refractivity contribution in [2.75, 3.05) is 14.2 Å². The quantitative estimate of drug-likeness (QED) is 0.900. The fourth-order valence-electron chi connectivity index (χ4n) is 2.11. The fraction of sp³-hybridized carbons (Fsp3) is 0.250. The lowest BCUT2D eigenvalue weighted by molar-refractivity contribution is 0.414. The molecule has 0 fully saturated rings. The molecule has 0 bridgehead atoms. The summed E-state index contributed by atoms with van der Waals surface area (Å²) in [7, 11) is 3.68. The van der Waals surface area contributed by atoms with Gasteiger partial charge in [-0.05, 0) is 42.8 Å². The first kappa shape index (κ1) is 14.1. The molecule has 1 N–H and O–H groups in total. The Balaban J connectivity index is 2.17. The highest BCUT2D eigenvalue weighted by molar-refractivity contribution is 9.10. The molecule has 0 aromatic heterocycles. The molecule has 0 heterocycles. The summed E-state index contributed by atoms with van der Waals surface area (Å²) in [5, 5.41) is 3.37. The Bertz CT molecular complexity index is 525. The van der Waals surface area contributed by atoms with E-state index in [-0.39, 0.29) is 0 Å². The van der Waals surface area contributed by atoms with Gasteiger partial charge in [0.25, 0.3) is 0 Å². The Kier molecular flexibility index (Phi) is 5.00. The fourth-order valence-corrected chi connectivity index (χ4v) is 2.55. The van der Waals surface area contributed by atoms with Crippen LogP contribution in [-0.2, 0) is 6.42 Å². The minimum absolute atomic E-state index is 0.296. The molecule has 2 aromatic rings. The second kappa shape index (κ2) is 6.73. The zero-order valence-electron chi connectivity index (χ0n) is 11.2. The van der Waals surface area contributed by atoms with Gasteiger partial charge in [0.1, 0.15) is 5.75 Å². The summed E-state index contributed by atoms with van der Waals surface area (Å²) < 4.78 is 6.35. The van der Waals surface area contributed by atoms with Crippen LogP contribution in [0.1, 0.15) is 17.2 Å². The highest BCUT2D eigenvalue weighted by Gasteiger charge is 2.11. The highest BCUT2D eigenvalue weighted by atomic mass is 79.9. The minimum atomic E-state index is 0.296. The Morgan fingerprint density at radius 2 is 1.79 bits per heavy atom. The van der Waals surface area contributed by atoms with E-state index in [9.17, 15) is 0 Å². The smallest absolute Gasteiger partial charge is 0.118 e. The van der Waals surface area contributed by atoms with Crippen molar-refractivity contribution in [3.05, 3.63) is 64.1 Å². The third kappa shape index (κ3) is 3.58. The maximum atomic E-state index is 5.19. The van der Waals surface area contributed by atoms with Crippen molar-refractivity contribution in [3.8, 4) is 5.75 Å². The predicted octanol–water partition coefficient (Wildman–Crippen LogP) is 3.96. The average molecular weight is 320 g/mol. The Morgan fingerprint density at radius 3 is 2.37 bits per heavy atom. The van der Waals surface area contributed by atoms with E-state index in [1.807, 2.05) is 25.2 Å². The van der Waals surface area contributed by atoms with Gasteiger partial charge in [0.2, 0.25) is 0 Å². The van der Waals surface area contributed by atoms with Crippen molar-refractivity contribution in [1.82, 2.24) is 5.32 Å². The summed E-state index contributed by atoms with van der Waals surface area (Å²) >= 11 is 3.60. The van der Waals surface area contributed by atoms with Gasteiger partial charge in [0.05, 0.1) is 7.11 Å². The van der Waals surface area contributed by atoms with Crippen molar-refractivity contribution in [2.45, 2.75) is 12.5 Å². The van der Waals surface area contributed by atoms with Crippen molar-refractivity contribution in [1.29, 1.82) is 0 Å². The number of benzene rings is 2. The summed E-state index contributed by atoms with van der Waals surface area (Å²) in [6, 6.07) is 16.8. The van der Waals surface area contributed by atoms with Crippen LogP contribution in [0.2, 0.25) is 0 Å². The number of nitrogens with one attached hydrogen (secondary N) is 1. The van der Waals surface area contributed by atoms with Crippen LogP contribution in [-0.4, -0.2) is 14.2 Å². The van der Waals surface area contributed by atoms with Crippen LogP contribution < -0.4 is 10.1 Å². The van der Waals surface area contributed by atoms with E-state index in [2.05, 4.69) is 51.6 Å². The molecule has 0 saturated carbocycles. The molecule has 1 atom stereocenters. The number of hydrogen-bond acceptors (Lipinski definition) is 2. The normalized spacial score (nSPS) is 12.2. The van der Waals surface area contributed by atoms with Crippen LogP contribution >= 0.6 is 15.9 Å². The van der Waals surface area contributed by atoms with E-state index in [1.54, 1.807) is 7.11 Å². The van der Waals surface area contributed by atoms with Gasteiger partial charge in [0.15, 0.2) is 0 Å². The highest BCUT2D eigenvalue weighted by Crippen LogP contribution is 2.24. The number of hydrogen-bond donors (Lipinski definition) is 1. The van der Waals surface area contributed by atoms with E-state index in [4.69, 9.17) is 4.74 Å². The standard InChI is InChI=1S/C16H18BrNO/c1-18-16(11-13-5-3-4-6-15(13)17)12-7-9-14(19-2)10-8-12/h3-10,16,18H,11H2,1-2H3. The van der Waals surface area contributed by atoms with Crippen molar-refractivity contribution in [2.24, 2.45) is 0 Å². The van der Waals surface area contributed by atoms with Gasteiger partial charge in [-0.1, -0.05) is 46.3 Å². The largest absolute Gasteiger partial charge is 0.497 e. The molecule has 0 saturated heterocycles. The summed E-state index contributed by atoms with van der Waals surface area (Å²) in [5.41, 5.74) is 2.57. The second-order valence-corrected chi connectivity index (χ2v) is 5.26. The molecular formula is C16H18BrNO. The Hall–Kier alpha value is -1.32. The van der Waals surface area contributed by atoms with Crippen molar-refractivity contribution < 1.29 is 4.74 Å². The lowest BCUT2D eigenvalue weighted by atomic mass is 9.99. The molecule has 0 aliphatic carbocycles. The molecule has 3 heteroatoms. The zero-order chi connectivity index (χ0) is 13.7. The topological polar surface area (TPSA) is 21.3 Å². The summed E-state index contributed by atoms with van der Waals surface area (Å²) in [5.74, 6) is 0.888. The Labute approximate surface area is 122 Å². The molecule has 2 nitrogen and oxygen atoms in total. The average Bonchev–Trinajstić information content (AvgIpc) is 2.47. The first-order valence-corrected chi connectivity index (χ1v) is 7.08. The Morgan fingerprint density at radius 1 is 1.11 bits per heavy atom. The van der Waals surface area contributed by atoms with Gasteiger partial charge in [0, 0.05) is 10.5 Å². The van der Waals surface area contributed by atoms with Crippen LogP contribution in [0.5, 0.6) is 5.75 Å². The molecule has 2 aromatic carbocycles. The van der Waals surface area contributed by atoms with Crippen LogP contribution in [0.4, 0.5) is 0 Å². The van der Waals surface area contributed by atoms with Crippen LogP contribution in [0.25, 0.3) is 0 Å². The molecular weight excluding hydrogens is 302 g/mol. The minimum Gasteiger partial charge on any atom is -0.497 e. The molecule has 0 aliphatic heterocycles. The molecule has 19 heavy (non-hydrogen) atoms. The summed E-state index contributed by atoms with van der Waals surface area (Å²) in [6.45, 7) is 0. The lowest BCUT2D eigenvalue weighted by Gasteiger charge is -2.18. The van der Waals surface area contributed by atoms with Gasteiger partial charge >= 0.3 is 0 Å². The third-order valence-corrected chi connectivity index (χ3v) is 4.02. The molecule has 0 amide bonds. The second-order valence-electron chi connectivity index (χ2n) is 4.41. The van der Waals surface area contributed by atoms with Gasteiger partial charge in [-0.2, -0.15) is 0 Å². The van der Waals surface area contributed by atoms with E-state index in [0.29, 0.717) is 6.04 Å². The third-order valence-electron chi connectivity index (χ3n) is 3.25. The molecule has 1 unspecified atom stereocenters. The maximum Gasteiger partial charge on any atom is 0.118 e. The summed E-state index contributed by atoms with van der Waals surface area (Å²) in [4.78, 5) is 0. The number of rotatable bonds is 5. The SMILES string of the molecule is CNC(Cc1ccccc1Br)c1ccc(OC)cc1. The first-order valence-electron chi connectivity index (χ1n) is 6.29. The zero-order valence-corrected chi connectivity index (χ0v) is 12.8. The van der Waals surface area contributed by atoms with Crippen LogP contribution in [0.3, 0.4) is 0 Å². The van der Waals surface area contributed by atoms with Crippen LogP contribution in [0.15, 0.2) is 53.0 Å². The van der Waals surface area contributed by atoms with Gasteiger partial charge in [-0.15, -0.1) is 0 Å². The monoisotopic (exact) mass is 319 g/mol. The molecule has 0 radical (unpaired) electrons. The first-order chi connectivity index (χ1) is 9.24. The number of halogens is 1. The van der Waals surface area contributed by atoms with E-state index in [0.717, 1.165) is 16.6 Å². The number of ether oxygens (including phenoxy) is 1. The number of methoxy groups -OCH3 is 1. The van der Waals surface area contributed by atoms with Gasteiger partial charge < -0.3 is 10.1 Å². The van der Waals surface area contributed by atoms with Crippen LogP contribution in [0, 0.1) is 0 Å². The molecule has 100 valence electrons. The van der Waals surface area contributed by atoms with E-state index >= 15 is 0 Å². The van der Waals surface area contributed by atoms with E-state index < -0.39 is 0 Å². The van der Waals surface area contributed by atoms with E-state index in [1.165, 1.54) is 11.1 Å². The van der Waals surface area contributed by atoms with Crippen molar-refractivity contribution >= 4 is 15.9 Å².